The minimum atomic E-state index is -0.907. The topological polar surface area (TPSA) is 0 Å². The van der Waals surface area contributed by atoms with Crippen LogP contribution in [0.1, 0.15) is 89.0 Å². The number of unbranched alkanes of at least 4 members (excludes halogenated alkanes) is 1. The molecule has 3 rings (SSSR count). The van der Waals surface area contributed by atoms with Crippen LogP contribution in [0.5, 0.6) is 0 Å². The first-order valence-electron chi connectivity index (χ1n) is 10.1. The highest BCUT2D eigenvalue weighted by Crippen LogP contribution is 2.46. The summed E-state index contributed by atoms with van der Waals surface area (Å²) < 4.78 is 41.3. The molecule has 1 aromatic rings. The van der Waals surface area contributed by atoms with E-state index < -0.39 is 17.3 Å². The molecule has 25 heavy (non-hydrogen) atoms. The summed E-state index contributed by atoms with van der Waals surface area (Å²) in [4.78, 5) is 0. The maximum absolute atomic E-state index is 14.8. The van der Waals surface area contributed by atoms with Crippen molar-refractivity contribution in [2.75, 3.05) is 0 Å². The molecule has 1 aromatic carbocycles. The summed E-state index contributed by atoms with van der Waals surface area (Å²) in [5.41, 5.74) is 0.0263. The summed E-state index contributed by atoms with van der Waals surface area (Å²) >= 11 is 0. The Morgan fingerprint density at radius 2 is 1.56 bits per heavy atom. The molecule has 3 heteroatoms. The fraction of sp³-hybridized carbons (Fsp3) is 0.727. The molecule has 0 unspecified atom stereocenters. The molecule has 0 nitrogen and oxygen atoms in total. The van der Waals surface area contributed by atoms with Gasteiger partial charge in [-0.15, -0.1) is 0 Å². The van der Waals surface area contributed by atoms with Gasteiger partial charge < -0.3 is 0 Å². The fourth-order valence-electron chi connectivity index (χ4n) is 5.06. The minimum Gasteiger partial charge on any atom is -0.244 e. The highest BCUT2D eigenvalue weighted by atomic mass is 19.2. The predicted octanol–water partition coefficient (Wildman–Crippen LogP) is 7.33. The first kappa shape index (κ1) is 18.8. The van der Waals surface area contributed by atoms with Crippen molar-refractivity contribution in [2.45, 2.75) is 89.1 Å². The van der Waals surface area contributed by atoms with Gasteiger partial charge in [-0.3, -0.25) is 0 Å². The standard InChI is InChI=1S/C22H31F3/c1-2-3-12-22(25)13-10-18(11-14-22)16-4-6-17(7-5-16)19-8-9-20(23)21(24)15-19/h8-9,15-18H,2-7,10-14H2,1H3/t16?,17?,18-,22+. The van der Waals surface area contributed by atoms with Crippen molar-refractivity contribution < 1.29 is 13.2 Å². The molecule has 0 N–H and O–H groups in total. The van der Waals surface area contributed by atoms with E-state index in [1.54, 1.807) is 6.07 Å². The number of rotatable bonds is 5. The number of hydrogen-bond donors (Lipinski definition) is 0. The zero-order valence-corrected chi connectivity index (χ0v) is 15.4. The summed E-state index contributed by atoms with van der Waals surface area (Å²) in [6.07, 6.45) is 10.7. The molecule has 0 bridgehead atoms. The van der Waals surface area contributed by atoms with Gasteiger partial charge in [-0.05, 0) is 93.2 Å². The van der Waals surface area contributed by atoms with Gasteiger partial charge in [-0.25, -0.2) is 13.2 Å². The molecule has 2 aliphatic rings. The van der Waals surface area contributed by atoms with Crippen LogP contribution in [-0.4, -0.2) is 5.67 Å². The highest BCUT2D eigenvalue weighted by Gasteiger charge is 2.38. The van der Waals surface area contributed by atoms with Gasteiger partial charge in [0.15, 0.2) is 11.6 Å². The summed E-state index contributed by atoms with van der Waals surface area (Å²) in [6, 6.07) is 4.34. The molecule has 0 spiro atoms. The van der Waals surface area contributed by atoms with Crippen LogP contribution in [0.3, 0.4) is 0 Å². The Balaban J connectivity index is 1.49. The first-order valence-corrected chi connectivity index (χ1v) is 10.1. The van der Waals surface area contributed by atoms with Crippen molar-refractivity contribution in [1.82, 2.24) is 0 Å². The van der Waals surface area contributed by atoms with Crippen LogP contribution in [0.4, 0.5) is 13.2 Å². The average molecular weight is 352 g/mol. The maximum Gasteiger partial charge on any atom is 0.159 e. The van der Waals surface area contributed by atoms with Gasteiger partial charge in [0.05, 0.1) is 0 Å². The molecule has 2 saturated carbocycles. The SMILES string of the molecule is CCCC[C@]1(F)CC[C@@H](C2CCC(c3ccc(F)c(F)c3)CC2)CC1. The van der Waals surface area contributed by atoms with E-state index in [1.807, 2.05) is 0 Å². The maximum atomic E-state index is 14.8. The van der Waals surface area contributed by atoms with Gasteiger partial charge in [0.25, 0.3) is 0 Å². The Labute approximate surface area is 150 Å². The minimum absolute atomic E-state index is 0.347. The van der Waals surface area contributed by atoms with Crippen LogP contribution in [-0.2, 0) is 0 Å². The Hall–Kier alpha value is -0.990. The van der Waals surface area contributed by atoms with Crippen molar-refractivity contribution in [1.29, 1.82) is 0 Å². The van der Waals surface area contributed by atoms with Crippen LogP contribution in [0, 0.1) is 23.5 Å². The summed E-state index contributed by atoms with van der Waals surface area (Å²) in [7, 11) is 0. The van der Waals surface area contributed by atoms with Crippen molar-refractivity contribution in [3.63, 3.8) is 0 Å². The highest BCUT2D eigenvalue weighted by molar-refractivity contribution is 5.22. The first-order chi connectivity index (χ1) is 12.0. The quantitative estimate of drug-likeness (QED) is 0.520. The Morgan fingerprint density at radius 1 is 0.920 bits per heavy atom. The van der Waals surface area contributed by atoms with E-state index in [4.69, 9.17) is 0 Å². The molecule has 0 aromatic heterocycles. The molecule has 0 aliphatic heterocycles. The molecule has 0 heterocycles. The molecule has 2 aliphatic carbocycles. The smallest absolute Gasteiger partial charge is 0.159 e. The van der Waals surface area contributed by atoms with Crippen LogP contribution < -0.4 is 0 Å². The van der Waals surface area contributed by atoms with Gasteiger partial charge in [0.1, 0.15) is 5.67 Å². The Kier molecular flexibility index (Phi) is 6.12. The molecule has 0 saturated heterocycles. The van der Waals surface area contributed by atoms with Crippen LogP contribution in [0.15, 0.2) is 18.2 Å². The zero-order valence-electron chi connectivity index (χ0n) is 15.4. The van der Waals surface area contributed by atoms with Gasteiger partial charge >= 0.3 is 0 Å². The molecular formula is C22H31F3. The summed E-state index contributed by atoms with van der Waals surface area (Å²) in [5.74, 6) is 0.198. The normalized spacial score (nSPS) is 33.4. The number of benzene rings is 1. The van der Waals surface area contributed by atoms with Crippen LogP contribution in [0.25, 0.3) is 0 Å². The van der Waals surface area contributed by atoms with Crippen molar-refractivity contribution in [2.24, 2.45) is 11.8 Å². The lowest BCUT2D eigenvalue weighted by Gasteiger charge is -2.40. The molecule has 0 amide bonds. The second-order valence-corrected chi connectivity index (χ2v) is 8.38. The van der Waals surface area contributed by atoms with E-state index in [0.717, 1.165) is 76.2 Å². The van der Waals surface area contributed by atoms with E-state index in [0.29, 0.717) is 17.8 Å². The second kappa shape index (κ2) is 8.14. The molecule has 2 fully saturated rings. The van der Waals surface area contributed by atoms with Gasteiger partial charge in [-0.2, -0.15) is 0 Å². The average Bonchev–Trinajstić information content (AvgIpc) is 2.63. The number of hydrogen-bond acceptors (Lipinski definition) is 0. The van der Waals surface area contributed by atoms with E-state index in [9.17, 15) is 13.2 Å². The number of alkyl halides is 1. The van der Waals surface area contributed by atoms with Gasteiger partial charge in [-0.1, -0.05) is 25.8 Å². The van der Waals surface area contributed by atoms with Gasteiger partial charge in [0, 0.05) is 0 Å². The third-order valence-corrected chi connectivity index (χ3v) is 6.76. The molecular weight excluding hydrogens is 321 g/mol. The van der Waals surface area contributed by atoms with Crippen LogP contribution >= 0.6 is 0 Å². The molecule has 140 valence electrons. The Bertz CT molecular complexity index is 552. The number of halogens is 3. The third-order valence-electron chi connectivity index (χ3n) is 6.76. The fourth-order valence-corrected chi connectivity index (χ4v) is 5.06. The lowest BCUT2D eigenvalue weighted by molar-refractivity contribution is 0.0486. The van der Waals surface area contributed by atoms with E-state index in [1.165, 1.54) is 12.1 Å². The molecule has 0 radical (unpaired) electrons. The largest absolute Gasteiger partial charge is 0.244 e. The van der Waals surface area contributed by atoms with E-state index >= 15 is 0 Å². The van der Waals surface area contributed by atoms with Gasteiger partial charge in [0.2, 0.25) is 0 Å². The van der Waals surface area contributed by atoms with E-state index in [-0.39, 0.29) is 0 Å². The van der Waals surface area contributed by atoms with E-state index in [2.05, 4.69) is 6.92 Å². The molecule has 0 atom stereocenters. The summed E-state index contributed by atoms with van der Waals surface area (Å²) in [5, 5.41) is 0. The van der Waals surface area contributed by atoms with Crippen molar-refractivity contribution in [3.8, 4) is 0 Å². The zero-order chi connectivity index (χ0) is 17.9. The Morgan fingerprint density at radius 3 is 2.16 bits per heavy atom. The lowest BCUT2D eigenvalue weighted by atomic mass is 9.67. The second-order valence-electron chi connectivity index (χ2n) is 8.38. The lowest BCUT2D eigenvalue weighted by Crippen LogP contribution is -2.33. The van der Waals surface area contributed by atoms with Crippen LogP contribution in [0.2, 0.25) is 0 Å². The van der Waals surface area contributed by atoms with Crippen molar-refractivity contribution in [3.05, 3.63) is 35.4 Å². The summed E-state index contributed by atoms with van der Waals surface area (Å²) in [6.45, 7) is 2.13. The third kappa shape index (κ3) is 4.60. The van der Waals surface area contributed by atoms with Crippen molar-refractivity contribution >= 4 is 0 Å². The monoisotopic (exact) mass is 352 g/mol. The predicted molar refractivity (Wildman–Crippen MR) is 96.4 cm³/mol.